The van der Waals surface area contributed by atoms with Crippen molar-refractivity contribution in [2.45, 2.75) is 13.3 Å². The third-order valence-corrected chi connectivity index (χ3v) is 4.48. The van der Waals surface area contributed by atoms with E-state index in [9.17, 15) is 4.79 Å². The van der Waals surface area contributed by atoms with E-state index in [0.717, 1.165) is 0 Å². The molecule has 3 aromatic rings. The Bertz CT molecular complexity index is 1060. The molecule has 13 heteroatoms. The van der Waals surface area contributed by atoms with E-state index >= 15 is 0 Å². The number of benzene rings is 1. The average molecular weight is 502 g/mol. The zero-order valence-electron chi connectivity index (χ0n) is 20.5. The zero-order chi connectivity index (χ0) is 25.9. The van der Waals surface area contributed by atoms with Gasteiger partial charge < -0.3 is 37.9 Å². The van der Waals surface area contributed by atoms with Crippen LogP contribution in [0.5, 0.6) is 47.0 Å². The fraction of sp³-hybridized carbons (Fsp3) is 0.348. The molecule has 0 radical (unpaired) electrons. The molecule has 0 atom stereocenters. The second-order valence-corrected chi connectivity index (χ2v) is 6.69. The van der Waals surface area contributed by atoms with Gasteiger partial charge in [-0.2, -0.15) is 19.9 Å². The minimum Gasteiger partial charge on any atom is -0.481 e. The van der Waals surface area contributed by atoms with Gasteiger partial charge in [-0.3, -0.25) is 0 Å². The maximum Gasteiger partial charge on any atom is 0.508 e. The molecule has 2 aromatic heterocycles. The Balaban J connectivity index is 1.96. The summed E-state index contributed by atoms with van der Waals surface area (Å²) in [6, 6.07) is 7.99. The Labute approximate surface area is 207 Å². The van der Waals surface area contributed by atoms with Crippen LogP contribution in [0.3, 0.4) is 0 Å². The number of nitrogens with zero attached hydrogens (tertiary/aromatic N) is 4. The molecule has 0 unspecified atom stereocenters. The third-order valence-electron chi connectivity index (χ3n) is 4.48. The van der Waals surface area contributed by atoms with Gasteiger partial charge in [0.15, 0.2) is 0 Å². The van der Waals surface area contributed by atoms with E-state index < -0.39 is 6.16 Å². The molecule has 192 valence electrons. The number of carbonyl (C=O) groups is 1. The minimum atomic E-state index is -0.792. The van der Waals surface area contributed by atoms with E-state index in [4.69, 9.17) is 37.9 Å². The van der Waals surface area contributed by atoms with Crippen molar-refractivity contribution < 1.29 is 42.7 Å². The molecular weight excluding hydrogens is 476 g/mol. The highest BCUT2D eigenvalue weighted by atomic mass is 16.7. The van der Waals surface area contributed by atoms with E-state index in [0.29, 0.717) is 17.1 Å². The van der Waals surface area contributed by atoms with Crippen molar-refractivity contribution in [3.63, 3.8) is 0 Å². The first-order chi connectivity index (χ1) is 17.5. The van der Waals surface area contributed by atoms with Crippen LogP contribution >= 0.6 is 0 Å². The first kappa shape index (κ1) is 26.1. The van der Waals surface area contributed by atoms with Crippen molar-refractivity contribution in [2.24, 2.45) is 0 Å². The number of carbonyl (C=O) groups excluding carboxylic acids is 1. The molecule has 0 saturated heterocycles. The summed E-state index contributed by atoms with van der Waals surface area (Å²) in [4.78, 5) is 28.4. The summed E-state index contributed by atoms with van der Waals surface area (Å²) in [5.74, 6) is 1.62. The number of hydrogen-bond donors (Lipinski definition) is 0. The van der Waals surface area contributed by atoms with Crippen LogP contribution in [0.25, 0.3) is 0 Å². The summed E-state index contributed by atoms with van der Waals surface area (Å²) >= 11 is 0. The third kappa shape index (κ3) is 6.98. The molecule has 3 rings (SSSR count). The molecule has 0 spiro atoms. The van der Waals surface area contributed by atoms with E-state index in [2.05, 4.69) is 19.9 Å². The van der Waals surface area contributed by atoms with Gasteiger partial charge in [0, 0.05) is 12.0 Å². The Morgan fingerprint density at radius 1 is 0.722 bits per heavy atom. The van der Waals surface area contributed by atoms with Gasteiger partial charge in [0.25, 0.3) is 0 Å². The van der Waals surface area contributed by atoms with E-state index in [1.54, 1.807) is 25.1 Å². The van der Waals surface area contributed by atoms with Crippen molar-refractivity contribution in [1.29, 1.82) is 0 Å². The van der Waals surface area contributed by atoms with Crippen LogP contribution in [0.4, 0.5) is 4.79 Å². The van der Waals surface area contributed by atoms with E-state index in [1.807, 2.05) is 0 Å². The lowest BCUT2D eigenvalue weighted by Gasteiger charge is -2.15. The van der Waals surface area contributed by atoms with Crippen molar-refractivity contribution in [3.8, 4) is 47.0 Å². The number of rotatable bonds is 12. The fourth-order valence-corrected chi connectivity index (χ4v) is 2.85. The van der Waals surface area contributed by atoms with Crippen LogP contribution in [0.2, 0.25) is 0 Å². The largest absolute Gasteiger partial charge is 0.508 e. The second-order valence-electron chi connectivity index (χ2n) is 6.69. The van der Waals surface area contributed by atoms with Gasteiger partial charge in [-0.05, 0) is 19.1 Å². The highest BCUT2D eigenvalue weighted by molar-refractivity contribution is 5.59. The van der Waals surface area contributed by atoms with Gasteiger partial charge in [-0.15, -0.1) is 0 Å². The highest BCUT2D eigenvalue weighted by Crippen LogP contribution is 2.35. The lowest BCUT2D eigenvalue weighted by atomic mass is 10.1. The van der Waals surface area contributed by atoms with Gasteiger partial charge in [0.05, 0.1) is 53.8 Å². The average Bonchev–Trinajstić information content (AvgIpc) is 2.89. The smallest absolute Gasteiger partial charge is 0.481 e. The number of ether oxygens (including phenoxy) is 8. The molecule has 0 aliphatic carbocycles. The predicted molar refractivity (Wildman–Crippen MR) is 124 cm³/mol. The Kier molecular flexibility index (Phi) is 9.26. The molecule has 0 aliphatic heterocycles. The lowest BCUT2D eigenvalue weighted by molar-refractivity contribution is 0.0597. The van der Waals surface area contributed by atoms with Gasteiger partial charge in [0.1, 0.15) is 11.5 Å². The van der Waals surface area contributed by atoms with E-state index in [-0.39, 0.29) is 55.2 Å². The summed E-state index contributed by atoms with van der Waals surface area (Å²) in [6.07, 6.45) is -0.605. The molecule has 0 fully saturated rings. The molecule has 1 aromatic carbocycles. The lowest BCUT2D eigenvalue weighted by Crippen LogP contribution is -2.10. The second kappa shape index (κ2) is 12.8. The van der Waals surface area contributed by atoms with Crippen molar-refractivity contribution in [2.75, 3.05) is 41.7 Å². The minimum absolute atomic E-state index is 0.0276. The van der Waals surface area contributed by atoms with Crippen LogP contribution in [-0.2, 0) is 15.9 Å². The highest BCUT2D eigenvalue weighted by Gasteiger charge is 2.18. The van der Waals surface area contributed by atoms with Crippen LogP contribution < -0.4 is 28.4 Å². The first-order valence-corrected chi connectivity index (χ1v) is 10.7. The quantitative estimate of drug-likeness (QED) is 0.333. The molecule has 0 bridgehead atoms. The summed E-state index contributed by atoms with van der Waals surface area (Å²) in [5, 5.41) is 0. The Hall–Kier alpha value is -4.55. The molecule has 0 saturated carbocycles. The Morgan fingerprint density at radius 3 is 1.56 bits per heavy atom. The SMILES string of the molecule is CCOC(=O)OCCc1c(Oc2nc(OC)cc(OC)n2)cccc1Oc1nc(OC)cc(OC)n1. The number of methoxy groups -OCH3 is 4. The molecule has 0 aliphatic rings. The zero-order valence-corrected chi connectivity index (χ0v) is 20.5. The topological polar surface area (TPSA) is 142 Å². The molecule has 36 heavy (non-hydrogen) atoms. The van der Waals surface area contributed by atoms with Crippen molar-refractivity contribution in [3.05, 3.63) is 35.9 Å². The van der Waals surface area contributed by atoms with Gasteiger partial charge >= 0.3 is 18.2 Å². The van der Waals surface area contributed by atoms with Crippen LogP contribution in [-0.4, -0.2) is 67.7 Å². The maximum atomic E-state index is 11.7. The summed E-state index contributed by atoms with van der Waals surface area (Å²) in [6.45, 7) is 1.85. The summed E-state index contributed by atoms with van der Waals surface area (Å²) < 4.78 is 42.5. The monoisotopic (exact) mass is 502 g/mol. The van der Waals surface area contributed by atoms with Crippen LogP contribution in [0.1, 0.15) is 12.5 Å². The van der Waals surface area contributed by atoms with Crippen molar-refractivity contribution >= 4 is 6.16 Å². The molecular formula is C23H26N4O9. The standard InChI is InChI=1S/C23H26N4O9/c1-6-33-23(28)34-11-10-14-15(35-21-24-17(29-2)12-18(25-21)30-3)8-7-9-16(14)36-22-26-19(31-4)13-20(27-22)32-5/h7-9,12-13H,6,10-11H2,1-5H3. The molecule has 0 amide bonds. The normalized spacial score (nSPS) is 10.2. The first-order valence-electron chi connectivity index (χ1n) is 10.7. The van der Waals surface area contributed by atoms with Crippen molar-refractivity contribution in [1.82, 2.24) is 19.9 Å². The fourth-order valence-electron chi connectivity index (χ4n) is 2.85. The summed E-state index contributed by atoms with van der Waals surface area (Å²) in [7, 11) is 5.84. The number of hydrogen-bond acceptors (Lipinski definition) is 13. The van der Waals surface area contributed by atoms with Gasteiger partial charge in [-0.25, -0.2) is 4.79 Å². The van der Waals surface area contributed by atoms with Gasteiger partial charge in [-0.1, -0.05) is 6.07 Å². The molecule has 2 heterocycles. The van der Waals surface area contributed by atoms with E-state index in [1.165, 1.54) is 40.6 Å². The molecule has 13 nitrogen and oxygen atoms in total. The van der Waals surface area contributed by atoms with Crippen LogP contribution in [0.15, 0.2) is 30.3 Å². The molecule has 0 N–H and O–H groups in total. The van der Waals surface area contributed by atoms with Crippen LogP contribution in [0, 0.1) is 0 Å². The number of aromatic nitrogens is 4. The predicted octanol–water partition coefficient (Wildman–Crippen LogP) is 3.60. The Morgan fingerprint density at radius 2 is 1.17 bits per heavy atom. The summed E-state index contributed by atoms with van der Waals surface area (Å²) in [5.41, 5.74) is 0.512. The maximum absolute atomic E-state index is 11.7. The van der Waals surface area contributed by atoms with Gasteiger partial charge in [0.2, 0.25) is 23.5 Å².